The lowest BCUT2D eigenvalue weighted by atomic mass is 9.77. The van der Waals surface area contributed by atoms with E-state index in [0.717, 1.165) is 9.80 Å². The van der Waals surface area contributed by atoms with Gasteiger partial charge in [0.05, 0.1) is 95.4 Å². The third-order valence-electron chi connectivity index (χ3n) is 28.8. The standard InChI is InChI=1S/2C44H58F5N5O9S/c2*1-7-26-32-23-54(34(26)36(56)52-42(22-28(42)35(45)46)39(58)53-64(59,60)41(5)18-19-41)38(57)27(40(2,3)4)21-33(55)63-43(44(47,48)49)17-11-13-24(43)12-9-8-10-14-30-37(62-32)51-31-20-25(61-6)15-16-29(31)50-30/h2*15-16,20,24,26-28,32,34-35H,7-14,17-19,21-23H2,1-6H3,(H,52,56)(H,53,58)/t24-,26-,27-,28+,32+,34+,42-,43+;24-,26-,27-,28+,32+,34+,42-,43-/m11/s1. The number of amides is 6. The fraction of sp³-hybridized carbons (Fsp3) is 0.727. The van der Waals surface area contributed by atoms with Gasteiger partial charge in [-0.15, -0.1) is 0 Å². The van der Waals surface area contributed by atoms with E-state index in [2.05, 4.69) is 10.6 Å². The highest BCUT2D eigenvalue weighted by molar-refractivity contribution is 7.92. The Bertz CT molecular complexity index is 4850. The number of esters is 2. The molecule has 4 aromatic rings. The maximum atomic E-state index is 15.1. The molecule has 0 unspecified atom stereocenters. The Morgan fingerprint density at radius 2 is 0.859 bits per heavy atom. The van der Waals surface area contributed by atoms with Gasteiger partial charge < -0.3 is 48.9 Å². The molecular formula is C88H116F10N10O18S2. The number of fused-ring (bicyclic) bond motifs is 10. The first kappa shape index (κ1) is 96.8. The van der Waals surface area contributed by atoms with Gasteiger partial charge in [0.25, 0.3) is 11.8 Å². The van der Waals surface area contributed by atoms with E-state index >= 15 is 35.9 Å². The SMILES string of the molecule is CC[C@@H]1[C@@H]2CN(C(=O)[C@H](C(C)(C)C)CC(=O)O[C@@]3(C(F)(F)F)CCC[C@H]3CCCCCc3nc4ccc(OC)cc4nc3O2)[C@@H]1C(=O)N[C@]1(C(=O)NS(=O)(=O)C2(C)CC2)C[C@H]1C(F)F.CC[C@@H]1[C@@H]2CN(C(=O)[C@H](C(C)(C)C)CC(=O)O[C@]3(C(F)(F)F)CCC[C@H]3CCCCCc3nc4ccc(OC)cc4nc3O2)[C@@H]1C(=O)N[C@]1(C(=O)NS(=O)(=O)C2(C)CC2)C[C@H]1C(F)F. The summed E-state index contributed by atoms with van der Waals surface area (Å²) < 4.78 is 238. The molecule has 4 aliphatic heterocycles. The van der Waals surface area contributed by atoms with Crippen molar-refractivity contribution in [1.29, 1.82) is 0 Å². The van der Waals surface area contributed by atoms with Gasteiger partial charge in [-0.2, -0.15) is 26.3 Å². The summed E-state index contributed by atoms with van der Waals surface area (Å²) in [6.07, 6.45) is -16.1. The lowest BCUT2D eigenvalue weighted by molar-refractivity contribution is -0.282. The zero-order chi connectivity index (χ0) is 93.6. The first-order chi connectivity index (χ1) is 59.8. The van der Waals surface area contributed by atoms with Gasteiger partial charge in [-0.25, -0.2) is 54.3 Å². The Morgan fingerprint density at radius 1 is 0.508 bits per heavy atom. The number of hydrogen-bond acceptors (Lipinski definition) is 22. The maximum absolute atomic E-state index is 15.1. The Morgan fingerprint density at radius 3 is 1.16 bits per heavy atom. The average Bonchev–Trinajstić information content (AvgIpc) is 1.56. The van der Waals surface area contributed by atoms with Crippen molar-refractivity contribution >= 4 is 89.5 Å². The van der Waals surface area contributed by atoms with Crippen LogP contribution in [-0.2, 0) is 80.7 Å². The van der Waals surface area contributed by atoms with Crippen molar-refractivity contribution in [3.63, 3.8) is 0 Å². The second kappa shape index (κ2) is 35.8. The highest BCUT2D eigenvalue weighted by Crippen LogP contribution is 2.57. The molecule has 2 aromatic carbocycles. The van der Waals surface area contributed by atoms with Crippen molar-refractivity contribution in [3.8, 4) is 23.3 Å². The van der Waals surface area contributed by atoms with Crippen LogP contribution in [0.3, 0.4) is 0 Å². The number of halogens is 10. The summed E-state index contributed by atoms with van der Waals surface area (Å²) in [4.78, 5) is 137. The minimum atomic E-state index is -4.90. The number of carbonyl (C=O) groups excluding carboxylic acids is 8. The largest absolute Gasteiger partial charge is 0.497 e. The molecule has 708 valence electrons. The number of nitrogens with one attached hydrogen (secondary N) is 4. The summed E-state index contributed by atoms with van der Waals surface area (Å²) in [5, 5.41) is 4.88. The molecule has 0 radical (unpaired) electrons. The number of aryl methyl sites for hydroxylation is 2. The van der Waals surface area contributed by atoms with Gasteiger partial charge in [0, 0.05) is 35.8 Å². The number of benzene rings is 2. The molecule has 6 aliphatic carbocycles. The number of rotatable bonds is 16. The number of alkyl halides is 10. The molecule has 40 heteroatoms. The highest BCUT2D eigenvalue weighted by Gasteiger charge is 2.71. The van der Waals surface area contributed by atoms with Crippen molar-refractivity contribution in [3.05, 3.63) is 47.8 Å². The summed E-state index contributed by atoms with van der Waals surface area (Å²) in [7, 11) is -5.67. The summed E-state index contributed by atoms with van der Waals surface area (Å²) >= 11 is 0. The summed E-state index contributed by atoms with van der Waals surface area (Å²) in [5.74, 6) is -17.9. The van der Waals surface area contributed by atoms with Gasteiger partial charge in [0.1, 0.15) is 58.3 Å². The molecule has 0 spiro atoms. The number of hydrogen-bond donors (Lipinski definition) is 4. The predicted octanol–water partition coefficient (Wildman–Crippen LogP) is 13.1. The van der Waals surface area contributed by atoms with Crippen LogP contribution in [0.5, 0.6) is 23.3 Å². The van der Waals surface area contributed by atoms with Crippen LogP contribution < -0.4 is 39.0 Å². The molecule has 4 bridgehead atoms. The number of carbonyl (C=O) groups is 8. The van der Waals surface area contributed by atoms with Crippen LogP contribution in [0.15, 0.2) is 36.4 Å². The zero-order valence-corrected chi connectivity index (χ0v) is 75.6. The van der Waals surface area contributed by atoms with Crippen LogP contribution in [0.25, 0.3) is 22.1 Å². The molecule has 10 aliphatic rings. The van der Waals surface area contributed by atoms with E-state index in [-0.39, 0.29) is 102 Å². The second-order valence-electron chi connectivity index (χ2n) is 39.3. The summed E-state index contributed by atoms with van der Waals surface area (Å²) in [5.41, 5.74) is -9.78. The van der Waals surface area contributed by atoms with Crippen LogP contribution in [0, 0.1) is 58.2 Å². The molecule has 6 saturated carbocycles. The van der Waals surface area contributed by atoms with Crippen molar-refractivity contribution < 1.29 is 128 Å². The fourth-order valence-electron chi connectivity index (χ4n) is 20.0. The quantitative estimate of drug-likeness (QED) is 0.0598. The smallest absolute Gasteiger partial charge is 0.428 e. The number of methoxy groups -OCH3 is 2. The highest BCUT2D eigenvalue weighted by atomic mass is 32.2. The van der Waals surface area contributed by atoms with Crippen molar-refractivity contribution in [1.82, 2.24) is 49.8 Å². The van der Waals surface area contributed by atoms with Gasteiger partial charge in [-0.05, 0) is 177 Å². The van der Waals surface area contributed by atoms with Gasteiger partial charge in [0.2, 0.25) is 79.5 Å². The molecular weight excluding hydrogens is 1740 g/mol. The Hall–Kier alpha value is -8.72. The molecule has 6 amide bonds. The van der Waals surface area contributed by atoms with E-state index in [4.69, 9.17) is 48.4 Å². The van der Waals surface area contributed by atoms with Crippen LogP contribution in [-0.4, -0.2) is 203 Å². The van der Waals surface area contributed by atoms with Crippen LogP contribution >= 0.6 is 0 Å². The first-order valence-electron chi connectivity index (χ1n) is 44.3. The van der Waals surface area contributed by atoms with Gasteiger partial charge >= 0.3 is 24.3 Å². The number of nitrogens with zero attached hydrogens (tertiary/aromatic N) is 6. The molecule has 14 rings (SSSR count). The molecule has 28 nitrogen and oxygen atoms in total. The van der Waals surface area contributed by atoms with Crippen molar-refractivity contribution in [2.45, 2.75) is 317 Å². The molecule has 128 heavy (non-hydrogen) atoms. The van der Waals surface area contributed by atoms with E-state index in [1.807, 2.05) is 9.44 Å². The minimum absolute atomic E-state index is 0.0798. The normalized spacial score (nSPS) is 31.2. The number of ether oxygens (including phenoxy) is 6. The molecule has 8 fully saturated rings. The van der Waals surface area contributed by atoms with E-state index in [9.17, 15) is 63.2 Å². The molecule has 2 aromatic heterocycles. The summed E-state index contributed by atoms with van der Waals surface area (Å²) in [6, 6.07) is 7.06. The Balaban J connectivity index is 0.000000219. The lowest BCUT2D eigenvalue weighted by Crippen LogP contribution is -2.59. The monoisotopic (exact) mass is 1850 g/mol. The second-order valence-corrected chi connectivity index (χ2v) is 43.7. The fourth-order valence-corrected chi connectivity index (χ4v) is 22.6. The Kier molecular flexibility index (Phi) is 27.1. The van der Waals surface area contributed by atoms with E-state index in [1.54, 1.807) is 91.8 Å². The van der Waals surface area contributed by atoms with Crippen LogP contribution in [0.1, 0.15) is 235 Å². The van der Waals surface area contributed by atoms with E-state index < -0.39 is 245 Å². The third-order valence-corrected chi connectivity index (χ3v) is 33.1. The van der Waals surface area contributed by atoms with Crippen molar-refractivity contribution in [2.75, 3.05) is 27.3 Å². The van der Waals surface area contributed by atoms with E-state index in [0.29, 0.717) is 96.3 Å². The van der Waals surface area contributed by atoms with Gasteiger partial charge in [-0.1, -0.05) is 81.1 Å². The van der Waals surface area contributed by atoms with Crippen LogP contribution in [0.2, 0.25) is 0 Å². The molecule has 6 heterocycles. The minimum Gasteiger partial charge on any atom is -0.497 e. The van der Waals surface area contributed by atoms with E-state index in [1.165, 1.54) is 28.1 Å². The van der Waals surface area contributed by atoms with Crippen LogP contribution in [0.4, 0.5) is 43.9 Å². The predicted molar refractivity (Wildman–Crippen MR) is 443 cm³/mol. The maximum Gasteiger partial charge on any atom is 0.428 e. The zero-order valence-electron chi connectivity index (χ0n) is 74.0. The van der Waals surface area contributed by atoms with Gasteiger partial charge in [-0.3, -0.25) is 47.8 Å². The molecule has 2 saturated heterocycles. The third kappa shape index (κ3) is 18.9. The average molecular weight is 1860 g/mol. The number of sulfonamides is 2. The Labute approximate surface area is 737 Å². The van der Waals surface area contributed by atoms with Gasteiger partial charge in [0.15, 0.2) is 0 Å². The lowest BCUT2D eigenvalue weighted by Gasteiger charge is -2.39. The molecule has 4 N–H and O–H groups in total. The summed E-state index contributed by atoms with van der Waals surface area (Å²) in [6.45, 7) is 15.3. The first-order valence-corrected chi connectivity index (χ1v) is 47.3. The van der Waals surface area contributed by atoms with Crippen molar-refractivity contribution in [2.24, 2.45) is 58.2 Å². The topological polar surface area (TPSA) is 366 Å². The number of aromatic nitrogens is 4. The molecule has 16 atom stereocenters.